The van der Waals surface area contributed by atoms with Crippen molar-refractivity contribution in [3.8, 4) is 6.07 Å². The third kappa shape index (κ3) is 1.49. The molecule has 15 heavy (non-hydrogen) atoms. The lowest BCUT2D eigenvalue weighted by Crippen LogP contribution is -1.91. The Morgan fingerprint density at radius 3 is 2.80 bits per heavy atom. The van der Waals surface area contributed by atoms with Gasteiger partial charge in [0.15, 0.2) is 5.69 Å². The van der Waals surface area contributed by atoms with Gasteiger partial charge in [0, 0.05) is 5.39 Å². The maximum absolute atomic E-state index is 13.4. The van der Waals surface area contributed by atoms with Crippen LogP contribution < -0.4 is 0 Å². The average Bonchev–Trinajstić information content (AvgIpc) is 2.62. The van der Waals surface area contributed by atoms with E-state index in [0.717, 1.165) is 17.1 Å². The summed E-state index contributed by atoms with van der Waals surface area (Å²) in [5, 5.41) is 9.57. The SMILES string of the molecule is CC(C)c1ccc(F)c2snc(C#N)c12. The first-order chi connectivity index (χ1) is 7.15. The molecule has 0 aliphatic carbocycles. The van der Waals surface area contributed by atoms with Gasteiger partial charge >= 0.3 is 0 Å². The molecule has 2 aromatic rings. The number of fused-ring (bicyclic) bond motifs is 1. The van der Waals surface area contributed by atoms with Gasteiger partial charge in [0.25, 0.3) is 0 Å². The van der Waals surface area contributed by atoms with Gasteiger partial charge in [-0.15, -0.1) is 0 Å². The number of benzene rings is 1. The molecule has 76 valence electrons. The molecule has 0 fully saturated rings. The molecule has 4 heteroatoms. The van der Waals surface area contributed by atoms with Crippen molar-refractivity contribution in [2.24, 2.45) is 0 Å². The van der Waals surface area contributed by atoms with Crippen molar-refractivity contribution < 1.29 is 4.39 Å². The van der Waals surface area contributed by atoms with Crippen LogP contribution in [0.4, 0.5) is 4.39 Å². The van der Waals surface area contributed by atoms with Gasteiger partial charge in [-0.25, -0.2) is 4.39 Å². The molecule has 0 saturated heterocycles. The molecular weight excluding hydrogens is 211 g/mol. The first-order valence-electron chi connectivity index (χ1n) is 4.63. The number of rotatable bonds is 1. The Labute approximate surface area is 91.1 Å². The lowest BCUT2D eigenvalue weighted by atomic mass is 9.98. The van der Waals surface area contributed by atoms with Gasteiger partial charge in [0.05, 0.1) is 4.70 Å². The molecular formula is C11H9FN2S. The summed E-state index contributed by atoms with van der Waals surface area (Å²) in [5.41, 5.74) is 1.31. The first kappa shape index (κ1) is 10.1. The van der Waals surface area contributed by atoms with Crippen LogP contribution in [0.1, 0.15) is 31.0 Å². The van der Waals surface area contributed by atoms with E-state index in [-0.39, 0.29) is 11.7 Å². The van der Waals surface area contributed by atoms with Gasteiger partial charge in [-0.05, 0) is 29.1 Å². The van der Waals surface area contributed by atoms with Crippen LogP contribution in [-0.4, -0.2) is 4.37 Å². The number of hydrogen-bond donors (Lipinski definition) is 0. The summed E-state index contributed by atoms with van der Waals surface area (Å²) in [6.45, 7) is 4.04. The van der Waals surface area contributed by atoms with Crippen molar-refractivity contribution in [3.63, 3.8) is 0 Å². The van der Waals surface area contributed by atoms with Crippen molar-refractivity contribution in [1.82, 2.24) is 4.37 Å². The maximum atomic E-state index is 13.4. The molecule has 1 aromatic carbocycles. The second-order valence-corrected chi connectivity index (χ2v) is 4.41. The predicted molar refractivity (Wildman–Crippen MR) is 58.4 cm³/mol. The summed E-state index contributed by atoms with van der Waals surface area (Å²) in [5.74, 6) is -0.0370. The minimum absolute atomic E-state index is 0.261. The number of nitriles is 1. The monoisotopic (exact) mass is 220 g/mol. The Kier molecular flexibility index (Phi) is 2.41. The summed E-state index contributed by atoms with van der Waals surface area (Å²) in [6, 6.07) is 5.18. The number of halogens is 1. The highest BCUT2D eigenvalue weighted by Gasteiger charge is 2.15. The van der Waals surface area contributed by atoms with E-state index in [9.17, 15) is 4.39 Å². The normalized spacial score (nSPS) is 10.9. The van der Waals surface area contributed by atoms with Crippen LogP contribution in [0.25, 0.3) is 10.1 Å². The van der Waals surface area contributed by atoms with E-state index in [1.807, 2.05) is 19.9 Å². The molecule has 2 nitrogen and oxygen atoms in total. The molecule has 0 amide bonds. The van der Waals surface area contributed by atoms with E-state index in [1.165, 1.54) is 6.07 Å². The number of hydrogen-bond acceptors (Lipinski definition) is 3. The van der Waals surface area contributed by atoms with Gasteiger partial charge in [-0.3, -0.25) is 0 Å². The van der Waals surface area contributed by atoms with E-state index in [4.69, 9.17) is 5.26 Å². The topological polar surface area (TPSA) is 36.7 Å². The molecule has 0 radical (unpaired) electrons. The molecule has 1 aromatic heterocycles. The van der Waals surface area contributed by atoms with Gasteiger partial charge in [-0.2, -0.15) is 9.64 Å². The third-order valence-corrected chi connectivity index (χ3v) is 3.19. The quantitative estimate of drug-likeness (QED) is 0.738. The van der Waals surface area contributed by atoms with Crippen LogP contribution in [0.3, 0.4) is 0 Å². The molecule has 0 atom stereocenters. The summed E-state index contributed by atoms with van der Waals surface area (Å²) in [6.07, 6.45) is 0. The number of nitrogens with zero attached hydrogens (tertiary/aromatic N) is 2. The molecule has 0 N–H and O–H groups in total. The minimum atomic E-state index is -0.298. The van der Waals surface area contributed by atoms with Crippen LogP contribution in [0.15, 0.2) is 12.1 Å². The van der Waals surface area contributed by atoms with Gasteiger partial charge < -0.3 is 0 Å². The lowest BCUT2D eigenvalue weighted by Gasteiger charge is -2.06. The standard InChI is InChI=1S/C11H9FN2S/c1-6(2)7-3-4-8(12)11-10(7)9(5-13)14-15-11/h3-4,6H,1-2H3. The van der Waals surface area contributed by atoms with Gasteiger partial charge in [-0.1, -0.05) is 19.9 Å². The van der Waals surface area contributed by atoms with E-state index in [2.05, 4.69) is 4.37 Å². The summed E-state index contributed by atoms with van der Waals surface area (Å²) >= 11 is 1.05. The second-order valence-electron chi connectivity index (χ2n) is 3.64. The van der Waals surface area contributed by atoms with E-state index in [0.29, 0.717) is 15.8 Å². The van der Waals surface area contributed by atoms with Crippen molar-refractivity contribution >= 4 is 21.6 Å². The van der Waals surface area contributed by atoms with Crippen molar-refractivity contribution in [2.45, 2.75) is 19.8 Å². The highest BCUT2D eigenvalue weighted by Crippen LogP contribution is 2.32. The fourth-order valence-electron chi connectivity index (χ4n) is 1.60. The van der Waals surface area contributed by atoms with Crippen LogP contribution >= 0.6 is 11.5 Å². The predicted octanol–water partition coefficient (Wildman–Crippen LogP) is 3.43. The lowest BCUT2D eigenvalue weighted by molar-refractivity contribution is 0.641. The zero-order valence-corrected chi connectivity index (χ0v) is 9.23. The van der Waals surface area contributed by atoms with Crippen molar-refractivity contribution in [3.05, 3.63) is 29.2 Å². The second kappa shape index (κ2) is 3.59. The molecule has 0 aliphatic heterocycles. The molecule has 0 aliphatic rings. The Morgan fingerprint density at radius 1 is 1.47 bits per heavy atom. The Morgan fingerprint density at radius 2 is 2.20 bits per heavy atom. The number of aromatic nitrogens is 1. The molecule has 0 spiro atoms. The summed E-state index contributed by atoms with van der Waals surface area (Å²) in [7, 11) is 0. The highest BCUT2D eigenvalue weighted by molar-refractivity contribution is 7.13. The zero-order valence-electron chi connectivity index (χ0n) is 8.41. The molecule has 0 bridgehead atoms. The van der Waals surface area contributed by atoms with Crippen LogP contribution in [0.5, 0.6) is 0 Å². The van der Waals surface area contributed by atoms with Gasteiger partial charge in [0.2, 0.25) is 0 Å². The van der Waals surface area contributed by atoms with Crippen LogP contribution in [-0.2, 0) is 0 Å². The first-order valence-corrected chi connectivity index (χ1v) is 5.40. The largest absolute Gasteiger partial charge is 0.205 e. The fourth-order valence-corrected chi connectivity index (χ4v) is 2.38. The average molecular weight is 220 g/mol. The van der Waals surface area contributed by atoms with Crippen LogP contribution in [0, 0.1) is 17.1 Å². The summed E-state index contributed by atoms with van der Waals surface area (Å²) in [4.78, 5) is 0. The smallest absolute Gasteiger partial charge is 0.162 e. The Bertz CT molecular complexity index is 551. The fraction of sp³-hybridized carbons (Fsp3) is 0.273. The molecule has 0 saturated carbocycles. The molecule has 1 heterocycles. The van der Waals surface area contributed by atoms with Crippen molar-refractivity contribution in [2.75, 3.05) is 0 Å². The minimum Gasteiger partial charge on any atom is -0.205 e. The highest BCUT2D eigenvalue weighted by atomic mass is 32.1. The van der Waals surface area contributed by atoms with Crippen molar-refractivity contribution in [1.29, 1.82) is 5.26 Å². The third-order valence-electron chi connectivity index (χ3n) is 2.33. The maximum Gasteiger partial charge on any atom is 0.162 e. The molecule has 0 unspecified atom stereocenters. The zero-order chi connectivity index (χ0) is 11.0. The van der Waals surface area contributed by atoms with Crippen LogP contribution in [0.2, 0.25) is 0 Å². The van der Waals surface area contributed by atoms with Gasteiger partial charge in [0.1, 0.15) is 11.9 Å². The van der Waals surface area contributed by atoms with E-state index < -0.39 is 0 Å². The Balaban J connectivity index is 2.89. The van der Waals surface area contributed by atoms with E-state index in [1.54, 1.807) is 6.07 Å². The molecule has 2 rings (SSSR count). The Hall–Kier alpha value is -1.47. The van der Waals surface area contributed by atoms with E-state index >= 15 is 0 Å². The summed E-state index contributed by atoms with van der Waals surface area (Å²) < 4.78 is 17.9.